The Morgan fingerprint density at radius 1 is 1.39 bits per heavy atom. The van der Waals surface area contributed by atoms with Crippen LogP contribution in [0.15, 0.2) is 18.2 Å². The minimum atomic E-state index is -0.338. The van der Waals surface area contributed by atoms with Gasteiger partial charge in [-0.2, -0.15) is 0 Å². The highest BCUT2D eigenvalue weighted by Crippen LogP contribution is 2.25. The lowest BCUT2D eigenvalue weighted by atomic mass is 10.2. The molecule has 1 rings (SSSR count). The number of rotatable bonds is 4. The van der Waals surface area contributed by atoms with E-state index in [2.05, 4.69) is 4.74 Å². The van der Waals surface area contributed by atoms with E-state index in [0.717, 1.165) is 11.8 Å². The Morgan fingerprint density at radius 2 is 2.06 bits per heavy atom. The van der Waals surface area contributed by atoms with Gasteiger partial charge in [-0.05, 0) is 18.2 Å². The van der Waals surface area contributed by atoms with Crippen molar-refractivity contribution in [2.24, 2.45) is 5.92 Å². The van der Waals surface area contributed by atoms with E-state index >= 15 is 0 Å². The number of halogens is 2. The largest absolute Gasteiger partial charge is 0.469 e. The van der Waals surface area contributed by atoms with Gasteiger partial charge in [0.25, 0.3) is 0 Å². The molecule has 3 nitrogen and oxygen atoms in total. The van der Waals surface area contributed by atoms with Gasteiger partial charge in [0.05, 0.1) is 18.1 Å². The van der Waals surface area contributed by atoms with Gasteiger partial charge in [0, 0.05) is 16.3 Å². The number of hydrogen-bond acceptors (Lipinski definition) is 4. The summed E-state index contributed by atoms with van der Waals surface area (Å²) >= 11 is 12.7. The molecule has 0 saturated carbocycles. The number of carbonyl (C=O) groups is 2. The van der Waals surface area contributed by atoms with E-state index in [9.17, 15) is 9.59 Å². The standard InChI is InChI=1S/C12H12Cl2O3S/c1-7(11(15)17-2)6-18-12(16)9-4-3-8(13)5-10(9)14/h3-5,7H,6H2,1-2H3/t7-/m1/s1. The third-order valence-corrected chi connectivity index (χ3v) is 3.92. The molecule has 0 unspecified atom stereocenters. The molecule has 0 amide bonds. The summed E-state index contributed by atoms with van der Waals surface area (Å²) in [5.41, 5.74) is 0.392. The molecule has 0 aliphatic rings. The van der Waals surface area contributed by atoms with E-state index in [4.69, 9.17) is 23.2 Å². The van der Waals surface area contributed by atoms with Crippen LogP contribution in [0.4, 0.5) is 0 Å². The first kappa shape index (κ1) is 15.3. The molecule has 6 heteroatoms. The highest BCUT2D eigenvalue weighted by Gasteiger charge is 2.17. The van der Waals surface area contributed by atoms with Gasteiger partial charge in [0.15, 0.2) is 0 Å². The normalized spacial score (nSPS) is 12.0. The Hall–Kier alpha value is -0.710. The molecular formula is C12H12Cl2O3S. The minimum absolute atomic E-state index is 0.188. The topological polar surface area (TPSA) is 43.4 Å². The van der Waals surface area contributed by atoms with E-state index < -0.39 is 0 Å². The summed E-state index contributed by atoms with van der Waals surface area (Å²) in [5.74, 6) is -0.322. The Kier molecular flexibility index (Phi) is 5.99. The van der Waals surface area contributed by atoms with Crippen molar-refractivity contribution in [1.29, 1.82) is 0 Å². The number of thioether (sulfide) groups is 1. The lowest BCUT2D eigenvalue weighted by Crippen LogP contribution is -2.15. The summed E-state index contributed by atoms with van der Waals surface area (Å²) in [7, 11) is 1.32. The molecule has 1 aromatic carbocycles. The highest BCUT2D eigenvalue weighted by molar-refractivity contribution is 8.14. The molecule has 0 aromatic heterocycles. The molecule has 0 radical (unpaired) electrons. The van der Waals surface area contributed by atoms with Crippen LogP contribution >= 0.6 is 35.0 Å². The van der Waals surface area contributed by atoms with Gasteiger partial charge in [-0.1, -0.05) is 41.9 Å². The molecule has 0 aliphatic carbocycles. The molecule has 0 heterocycles. The molecule has 0 N–H and O–H groups in total. The Morgan fingerprint density at radius 3 is 2.61 bits per heavy atom. The predicted molar refractivity (Wildman–Crippen MR) is 74.4 cm³/mol. The maximum Gasteiger partial charge on any atom is 0.309 e. The van der Waals surface area contributed by atoms with Crippen LogP contribution in [0.2, 0.25) is 10.0 Å². The maximum absolute atomic E-state index is 11.9. The summed E-state index contributed by atoms with van der Waals surface area (Å²) < 4.78 is 4.58. The van der Waals surface area contributed by atoms with Gasteiger partial charge in [-0.15, -0.1) is 0 Å². The fourth-order valence-corrected chi connectivity index (χ4v) is 2.62. The van der Waals surface area contributed by atoms with Crippen LogP contribution in [0.25, 0.3) is 0 Å². The SMILES string of the molecule is COC(=O)[C@H](C)CSC(=O)c1ccc(Cl)cc1Cl. The molecule has 0 spiro atoms. The van der Waals surface area contributed by atoms with Crippen molar-refractivity contribution in [3.8, 4) is 0 Å². The van der Waals surface area contributed by atoms with Crippen molar-refractivity contribution in [1.82, 2.24) is 0 Å². The van der Waals surface area contributed by atoms with Gasteiger partial charge in [-0.25, -0.2) is 0 Å². The Balaban J connectivity index is 2.63. The fourth-order valence-electron chi connectivity index (χ4n) is 1.20. The highest BCUT2D eigenvalue weighted by atomic mass is 35.5. The summed E-state index contributed by atoms with van der Waals surface area (Å²) in [6, 6.07) is 4.69. The van der Waals surface area contributed by atoms with Crippen LogP contribution in [0.3, 0.4) is 0 Å². The van der Waals surface area contributed by atoms with Crippen LogP contribution in [0.5, 0.6) is 0 Å². The quantitative estimate of drug-likeness (QED) is 0.796. The second kappa shape index (κ2) is 7.02. The van der Waals surface area contributed by atoms with Gasteiger partial charge >= 0.3 is 5.97 Å². The van der Waals surface area contributed by atoms with E-state index in [1.165, 1.54) is 13.2 Å². The van der Waals surface area contributed by atoms with Crippen LogP contribution in [-0.4, -0.2) is 23.9 Å². The van der Waals surface area contributed by atoms with Crippen molar-refractivity contribution in [2.45, 2.75) is 6.92 Å². The Bertz CT molecular complexity index is 463. The van der Waals surface area contributed by atoms with Gasteiger partial charge in [0.1, 0.15) is 0 Å². The first-order valence-electron chi connectivity index (χ1n) is 5.15. The number of esters is 1. The third-order valence-electron chi connectivity index (χ3n) is 2.22. The molecular weight excluding hydrogens is 295 g/mol. The number of methoxy groups -OCH3 is 1. The van der Waals surface area contributed by atoms with Crippen molar-refractivity contribution in [3.05, 3.63) is 33.8 Å². The smallest absolute Gasteiger partial charge is 0.309 e. The number of ether oxygens (including phenoxy) is 1. The molecule has 0 bridgehead atoms. The van der Waals surface area contributed by atoms with E-state index in [-0.39, 0.29) is 17.0 Å². The summed E-state index contributed by atoms with van der Waals surface area (Å²) in [6.07, 6.45) is 0. The third kappa shape index (κ3) is 4.19. The van der Waals surface area contributed by atoms with Crippen molar-refractivity contribution < 1.29 is 14.3 Å². The molecule has 0 aliphatic heterocycles. The summed E-state index contributed by atoms with van der Waals surface area (Å²) in [5, 5.41) is 0.600. The van der Waals surface area contributed by atoms with Crippen molar-refractivity contribution >= 4 is 46.0 Å². The van der Waals surface area contributed by atoms with Gasteiger partial charge in [0.2, 0.25) is 5.12 Å². The number of benzene rings is 1. The number of carbonyl (C=O) groups excluding carboxylic acids is 2. The fraction of sp³-hybridized carbons (Fsp3) is 0.333. The molecule has 0 fully saturated rings. The lowest BCUT2D eigenvalue weighted by Gasteiger charge is -2.08. The maximum atomic E-state index is 11.9. The van der Waals surface area contributed by atoms with Crippen molar-refractivity contribution in [2.75, 3.05) is 12.9 Å². The Labute approximate surface area is 120 Å². The zero-order chi connectivity index (χ0) is 13.7. The number of hydrogen-bond donors (Lipinski definition) is 0. The van der Waals surface area contributed by atoms with Crippen LogP contribution in [-0.2, 0) is 9.53 Å². The van der Waals surface area contributed by atoms with Crippen LogP contribution in [0, 0.1) is 5.92 Å². The van der Waals surface area contributed by atoms with E-state index in [1.54, 1.807) is 19.1 Å². The van der Waals surface area contributed by atoms with Gasteiger partial charge < -0.3 is 4.74 Å². The average molecular weight is 307 g/mol. The van der Waals surface area contributed by atoms with E-state index in [1.807, 2.05) is 0 Å². The van der Waals surface area contributed by atoms with Gasteiger partial charge in [-0.3, -0.25) is 9.59 Å². The zero-order valence-electron chi connectivity index (χ0n) is 9.91. The minimum Gasteiger partial charge on any atom is -0.469 e. The molecule has 1 aromatic rings. The lowest BCUT2D eigenvalue weighted by molar-refractivity contribution is -0.143. The zero-order valence-corrected chi connectivity index (χ0v) is 12.2. The molecule has 1 atom stereocenters. The van der Waals surface area contributed by atoms with Crippen LogP contribution in [0.1, 0.15) is 17.3 Å². The second-order valence-corrected chi connectivity index (χ2v) is 5.48. The first-order chi connectivity index (χ1) is 8.45. The summed E-state index contributed by atoms with van der Waals surface area (Å²) in [4.78, 5) is 23.1. The first-order valence-corrected chi connectivity index (χ1v) is 6.90. The monoisotopic (exact) mass is 306 g/mol. The molecule has 0 saturated heterocycles. The van der Waals surface area contributed by atoms with Crippen LogP contribution < -0.4 is 0 Å². The summed E-state index contributed by atoms with van der Waals surface area (Å²) in [6.45, 7) is 1.70. The molecule has 18 heavy (non-hydrogen) atoms. The predicted octanol–water partition coefficient (Wildman–Crippen LogP) is 3.68. The van der Waals surface area contributed by atoms with Crippen molar-refractivity contribution in [3.63, 3.8) is 0 Å². The average Bonchev–Trinajstić information content (AvgIpc) is 2.34. The second-order valence-electron chi connectivity index (χ2n) is 3.65. The van der Waals surface area contributed by atoms with E-state index in [0.29, 0.717) is 21.4 Å². The molecule has 98 valence electrons.